The molecule has 0 N–H and O–H groups in total. The largest absolute Gasteiger partial charge is 0.304 e. The van der Waals surface area contributed by atoms with Crippen molar-refractivity contribution in [2.45, 2.75) is 32.7 Å². The van der Waals surface area contributed by atoms with Crippen molar-refractivity contribution in [1.29, 1.82) is 0 Å². The molecule has 112 valence electrons. The van der Waals surface area contributed by atoms with E-state index in [2.05, 4.69) is 0 Å². The maximum atomic E-state index is 12.6. The summed E-state index contributed by atoms with van der Waals surface area (Å²) in [6, 6.07) is 5.46. The van der Waals surface area contributed by atoms with Crippen molar-refractivity contribution >= 4 is 21.4 Å². The minimum Gasteiger partial charge on any atom is -0.304 e. The molecule has 1 amide bonds. The quantitative estimate of drug-likeness (QED) is 0.861. The van der Waals surface area contributed by atoms with E-state index in [0.717, 1.165) is 29.7 Å². The van der Waals surface area contributed by atoms with Gasteiger partial charge in [0.05, 0.1) is 11.8 Å². The molecule has 1 fully saturated rings. The molecule has 1 unspecified atom stereocenters. The number of aryl methyl sites for hydroxylation is 2. The predicted octanol–water partition coefficient (Wildman–Crippen LogP) is 2.36. The number of amides is 1. The Morgan fingerprint density at radius 2 is 1.90 bits per heavy atom. The minimum atomic E-state index is -3.18. The van der Waals surface area contributed by atoms with Gasteiger partial charge < -0.3 is 4.90 Å². The number of hydrogen-bond donors (Lipinski definition) is 0. The van der Waals surface area contributed by atoms with Crippen LogP contribution in [-0.2, 0) is 14.6 Å². The van der Waals surface area contributed by atoms with E-state index in [1.54, 1.807) is 11.0 Å². The number of nitrogens with zero attached hydrogens (tertiary/aromatic N) is 1. The Labute approximate surface area is 125 Å². The third-order valence-electron chi connectivity index (χ3n) is 4.18. The molecule has 0 saturated heterocycles. The molecule has 1 aromatic rings. The number of rotatable bonds is 3. The van der Waals surface area contributed by atoms with E-state index in [1.165, 1.54) is 5.41 Å². The summed E-state index contributed by atoms with van der Waals surface area (Å²) < 4.78 is 23.4. The van der Waals surface area contributed by atoms with Crippen LogP contribution in [-0.4, -0.2) is 26.1 Å². The highest BCUT2D eigenvalue weighted by Gasteiger charge is 2.39. The topological polar surface area (TPSA) is 54.5 Å². The maximum absolute atomic E-state index is 12.6. The Morgan fingerprint density at radius 1 is 1.19 bits per heavy atom. The first-order valence-corrected chi connectivity index (χ1v) is 8.90. The van der Waals surface area contributed by atoms with Crippen molar-refractivity contribution in [2.24, 2.45) is 5.92 Å². The standard InChI is InChI=1S/C16H19NO3S/c1-11-3-6-14(9-12(11)2)17(16(18)13-4-5-13)15-7-8-21(19,20)10-15/h3,6-9,13,15H,4-5,10H2,1-2H3. The van der Waals surface area contributed by atoms with Crippen LogP contribution in [0.1, 0.15) is 24.0 Å². The Kier molecular flexibility index (Phi) is 3.40. The van der Waals surface area contributed by atoms with Gasteiger partial charge in [0.15, 0.2) is 9.84 Å². The number of carbonyl (C=O) groups excluding carboxylic acids is 1. The van der Waals surface area contributed by atoms with Gasteiger partial charge in [-0.2, -0.15) is 0 Å². The first-order chi connectivity index (χ1) is 9.87. The fourth-order valence-corrected chi connectivity index (χ4v) is 3.87. The van der Waals surface area contributed by atoms with E-state index in [9.17, 15) is 13.2 Å². The van der Waals surface area contributed by atoms with Crippen LogP contribution in [0.3, 0.4) is 0 Å². The lowest BCUT2D eigenvalue weighted by molar-refractivity contribution is -0.120. The van der Waals surface area contributed by atoms with Crippen molar-refractivity contribution < 1.29 is 13.2 Å². The summed E-state index contributed by atoms with van der Waals surface area (Å²) in [5.41, 5.74) is 3.06. The van der Waals surface area contributed by atoms with Crippen LogP contribution in [0.25, 0.3) is 0 Å². The summed E-state index contributed by atoms with van der Waals surface area (Å²) in [6.07, 6.45) is 3.44. The smallest absolute Gasteiger partial charge is 0.230 e. The van der Waals surface area contributed by atoms with E-state index in [4.69, 9.17) is 0 Å². The number of sulfone groups is 1. The van der Waals surface area contributed by atoms with Gasteiger partial charge in [0.1, 0.15) is 0 Å². The van der Waals surface area contributed by atoms with E-state index >= 15 is 0 Å². The monoisotopic (exact) mass is 305 g/mol. The molecule has 0 aromatic heterocycles. The van der Waals surface area contributed by atoms with Crippen LogP contribution in [0, 0.1) is 19.8 Å². The van der Waals surface area contributed by atoms with Gasteiger partial charge in [0.2, 0.25) is 5.91 Å². The first kappa shape index (κ1) is 14.3. The molecule has 0 spiro atoms. The van der Waals surface area contributed by atoms with Crippen LogP contribution < -0.4 is 4.90 Å². The molecular weight excluding hydrogens is 286 g/mol. The minimum absolute atomic E-state index is 0.0155. The van der Waals surface area contributed by atoms with Crippen LogP contribution >= 0.6 is 0 Å². The van der Waals surface area contributed by atoms with Crippen molar-refractivity contribution in [1.82, 2.24) is 0 Å². The number of carbonyl (C=O) groups is 1. The molecule has 3 rings (SSSR count). The van der Waals surface area contributed by atoms with Gasteiger partial charge in [0.25, 0.3) is 0 Å². The summed E-state index contributed by atoms with van der Waals surface area (Å²) in [5.74, 6) is 0.0894. The molecule has 1 aromatic carbocycles. The van der Waals surface area contributed by atoms with E-state index in [-0.39, 0.29) is 23.6 Å². The normalized spacial score (nSPS) is 23.2. The molecule has 2 aliphatic rings. The van der Waals surface area contributed by atoms with Crippen molar-refractivity contribution in [3.05, 3.63) is 40.8 Å². The zero-order valence-corrected chi connectivity index (χ0v) is 13.1. The van der Waals surface area contributed by atoms with Crippen molar-refractivity contribution in [2.75, 3.05) is 10.7 Å². The van der Waals surface area contributed by atoms with Gasteiger partial charge in [-0.05, 0) is 56.0 Å². The molecule has 1 aliphatic heterocycles. The Balaban J connectivity index is 1.98. The Hall–Kier alpha value is -1.62. The summed E-state index contributed by atoms with van der Waals surface area (Å²) in [7, 11) is -3.18. The number of anilines is 1. The third-order valence-corrected chi connectivity index (χ3v) is 5.55. The molecule has 0 bridgehead atoms. The molecule has 1 saturated carbocycles. The molecule has 1 heterocycles. The van der Waals surface area contributed by atoms with E-state index in [0.29, 0.717) is 0 Å². The molecule has 1 atom stereocenters. The fraction of sp³-hybridized carbons (Fsp3) is 0.438. The second kappa shape index (κ2) is 4.98. The van der Waals surface area contributed by atoms with Gasteiger partial charge in [0, 0.05) is 17.0 Å². The summed E-state index contributed by atoms with van der Waals surface area (Å²) in [6.45, 7) is 4.02. The average Bonchev–Trinajstić information content (AvgIpc) is 3.19. The summed E-state index contributed by atoms with van der Waals surface area (Å²) in [4.78, 5) is 14.3. The van der Waals surface area contributed by atoms with Gasteiger partial charge in [-0.15, -0.1) is 0 Å². The van der Waals surface area contributed by atoms with Crippen molar-refractivity contribution in [3.8, 4) is 0 Å². The second-order valence-corrected chi connectivity index (χ2v) is 7.91. The van der Waals surface area contributed by atoms with Gasteiger partial charge >= 0.3 is 0 Å². The van der Waals surface area contributed by atoms with Crippen LogP contribution in [0.4, 0.5) is 5.69 Å². The molecular formula is C16H19NO3S. The summed E-state index contributed by atoms with van der Waals surface area (Å²) >= 11 is 0. The highest BCUT2D eigenvalue weighted by molar-refractivity contribution is 7.94. The van der Waals surface area contributed by atoms with Gasteiger partial charge in [-0.1, -0.05) is 6.07 Å². The molecule has 4 nitrogen and oxygen atoms in total. The fourth-order valence-electron chi connectivity index (χ4n) is 2.60. The SMILES string of the molecule is Cc1ccc(N(C(=O)C2CC2)C2C=CS(=O)(=O)C2)cc1C. The first-order valence-electron chi connectivity index (χ1n) is 7.19. The average molecular weight is 305 g/mol. The van der Waals surface area contributed by atoms with Crippen LogP contribution in [0.5, 0.6) is 0 Å². The number of benzene rings is 1. The Bertz CT molecular complexity index is 717. The molecule has 0 radical (unpaired) electrons. The van der Waals surface area contributed by atoms with Gasteiger partial charge in [-0.3, -0.25) is 4.79 Å². The maximum Gasteiger partial charge on any atom is 0.230 e. The molecule has 21 heavy (non-hydrogen) atoms. The third kappa shape index (κ3) is 2.88. The number of hydrogen-bond acceptors (Lipinski definition) is 3. The highest BCUT2D eigenvalue weighted by atomic mass is 32.2. The zero-order chi connectivity index (χ0) is 15.2. The lowest BCUT2D eigenvalue weighted by Crippen LogP contribution is -2.42. The van der Waals surface area contributed by atoms with Crippen molar-refractivity contribution in [3.63, 3.8) is 0 Å². The second-order valence-electron chi connectivity index (χ2n) is 5.98. The molecule has 5 heteroatoms. The lowest BCUT2D eigenvalue weighted by Gasteiger charge is -2.28. The van der Waals surface area contributed by atoms with E-state index < -0.39 is 9.84 Å². The van der Waals surface area contributed by atoms with Gasteiger partial charge in [-0.25, -0.2) is 8.42 Å². The summed E-state index contributed by atoms with van der Waals surface area (Å²) in [5, 5.41) is 1.23. The van der Waals surface area contributed by atoms with E-state index in [1.807, 2.05) is 32.0 Å². The zero-order valence-electron chi connectivity index (χ0n) is 12.2. The Morgan fingerprint density at radius 3 is 2.43 bits per heavy atom. The van der Waals surface area contributed by atoms with Crippen LogP contribution in [0.2, 0.25) is 0 Å². The lowest BCUT2D eigenvalue weighted by atomic mass is 10.1. The predicted molar refractivity (Wildman–Crippen MR) is 82.8 cm³/mol. The molecule has 1 aliphatic carbocycles. The highest BCUT2D eigenvalue weighted by Crippen LogP contribution is 2.35. The van der Waals surface area contributed by atoms with Crippen LogP contribution in [0.15, 0.2) is 29.7 Å².